The molecule has 0 aromatic carbocycles. The normalized spacial score (nSPS) is 13.9. The number of fused-ring (bicyclic) bond motifs is 1. The zero-order chi connectivity index (χ0) is 18.1. The van der Waals surface area contributed by atoms with E-state index in [4.69, 9.17) is 19.3 Å². The average Bonchev–Trinajstić information content (AvgIpc) is 2.82. The van der Waals surface area contributed by atoms with Gasteiger partial charge in [-0.3, -0.25) is 0 Å². The first-order valence-corrected chi connectivity index (χ1v) is 7.32. The maximum Gasteiger partial charge on any atom is 0.512 e. The van der Waals surface area contributed by atoms with Gasteiger partial charge in [-0.25, -0.2) is 14.4 Å². The number of hydrogen-bond acceptors (Lipinski definition) is 6. The zero-order valence-corrected chi connectivity index (χ0v) is 14.0. The number of amides is 1. The maximum absolute atomic E-state index is 12.2. The highest BCUT2D eigenvalue weighted by Crippen LogP contribution is 2.28. The molecule has 1 amide bonds. The second-order valence-corrected chi connectivity index (χ2v) is 6.26. The van der Waals surface area contributed by atoms with Crippen LogP contribution >= 0.6 is 0 Å². The fourth-order valence-corrected chi connectivity index (χ4v) is 2.40. The van der Waals surface area contributed by atoms with Crippen LogP contribution in [0, 0.1) is 0 Å². The fraction of sp³-hybridized carbons (Fsp3) is 0.533. The summed E-state index contributed by atoms with van der Waals surface area (Å²) in [5.41, 5.74) is -0.0450. The van der Waals surface area contributed by atoms with Gasteiger partial charge in [0.25, 0.3) is 0 Å². The fourth-order valence-electron chi connectivity index (χ4n) is 2.40. The maximum atomic E-state index is 12.2. The van der Waals surface area contributed by atoms with Gasteiger partial charge in [0.05, 0.1) is 24.9 Å². The lowest BCUT2D eigenvalue weighted by molar-refractivity contribution is 0.0192. The van der Waals surface area contributed by atoms with Crippen molar-refractivity contribution in [2.24, 2.45) is 0 Å². The summed E-state index contributed by atoms with van der Waals surface area (Å²) in [5.74, 6) is -0.619. The van der Waals surface area contributed by atoms with E-state index in [2.05, 4.69) is 0 Å². The molecule has 0 fully saturated rings. The van der Waals surface area contributed by atoms with Gasteiger partial charge in [-0.05, 0) is 20.8 Å². The molecule has 1 aromatic heterocycles. The Morgan fingerprint density at radius 1 is 1.21 bits per heavy atom. The topological polar surface area (TPSA) is 107 Å². The molecule has 24 heavy (non-hydrogen) atoms. The van der Waals surface area contributed by atoms with Crippen molar-refractivity contribution < 1.29 is 33.7 Å². The largest absolute Gasteiger partial charge is 0.512 e. The summed E-state index contributed by atoms with van der Waals surface area (Å²) < 4.78 is 16.3. The minimum Gasteiger partial charge on any atom is -0.465 e. The second kappa shape index (κ2) is 6.42. The summed E-state index contributed by atoms with van der Waals surface area (Å²) in [4.78, 5) is 36.4. The summed E-state index contributed by atoms with van der Waals surface area (Å²) in [7, 11) is 1.22. The highest BCUT2D eigenvalue weighted by Gasteiger charge is 2.31. The molecule has 0 aliphatic carbocycles. The van der Waals surface area contributed by atoms with Crippen LogP contribution in [-0.4, -0.2) is 52.0 Å². The molecule has 2 heterocycles. The quantitative estimate of drug-likeness (QED) is 0.821. The second-order valence-electron chi connectivity index (χ2n) is 6.26. The van der Waals surface area contributed by atoms with Crippen molar-refractivity contribution in [1.82, 2.24) is 9.47 Å². The third-order valence-electron chi connectivity index (χ3n) is 3.35. The number of carbonyl (C=O) groups excluding carboxylic acids is 2. The van der Waals surface area contributed by atoms with Crippen LogP contribution in [0.2, 0.25) is 0 Å². The van der Waals surface area contributed by atoms with Gasteiger partial charge in [0.1, 0.15) is 5.60 Å². The lowest BCUT2D eigenvalue weighted by Crippen LogP contribution is -2.41. The molecule has 132 valence electrons. The van der Waals surface area contributed by atoms with E-state index in [1.807, 2.05) is 0 Å². The predicted octanol–water partition coefficient (Wildman–Crippen LogP) is 2.08. The van der Waals surface area contributed by atoms with Gasteiger partial charge >= 0.3 is 18.2 Å². The number of carbonyl (C=O) groups is 3. The van der Waals surface area contributed by atoms with Gasteiger partial charge in [0.2, 0.25) is 5.88 Å². The average molecular weight is 340 g/mol. The molecule has 0 atom stereocenters. The lowest BCUT2D eigenvalue weighted by Gasteiger charge is -2.31. The zero-order valence-electron chi connectivity index (χ0n) is 14.0. The molecule has 0 saturated carbocycles. The van der Waals surface area contributed by atoms with E-state index in [1.165, 1.54) is 18.1 Å². The van der Waals surface area contributed by atoms with E-state index >= 15 is 0 Å². The molecule has 0 bridgehead atoms. The van der Waals surface area contributed by atoms with Crippen molar-refractivity contribution in [2.75, 3.05) is 13.7 Å². The summed E-state index contributed by atoms with van der Waals surface area (Å²) in [5, 5.41) is 8.81. The van der Waals surface area contributed by atoms with Crippen LogP contribution in [0.3, 0.4) is 0 Å². The number of nitrogens with zero attached hydrogens (tertiary/aromatic N) is 2. The van der Waals surface area contributed by atoms with E-state index in [-0.39, 0.29) is 24.5 Å². The summed E-state index contributed by atoms with van der Waals surface area (Å²) >= 11 is 0. The molecule has 0 spiro atoms. The smallest absolute Gasteiger partial charge is 0.465 e. The first kappa shape index (κ1) is 17.6. The molecular weight excluding hydrogens is 320 g/mol. The Morgan fingerprint density at radius 3 is 2.42 bits per heavy atom. The Bertz CT molecular complexity index is 672. The number of methoxy groups -OCH3 is 1. The van der Waals surface area contributed by atoms with Crippen LogP contribution in [0.25, 0.3) is 0 Å². The van der Waals surface area contributed by atoms with E-state index in [9.17, 15) is 14.4 Å². The number of aromatic nitrogens is 1. The van der Waals surface area contributed by atoms with E-state index < -0.39 is 23.8 Å². The Hall–Kier alpha value is -2.71. The molecule has 9 nitrogen and oxygen atoms in total. The number of carboxylic acid groups (broad SMARTS) is 1. The van der Waals surface area contributed by atoms with Crippen molar-refractivity contribution in [2.45, 2.75) is 39.5 Å². The SMILES string of the molecule is COC(=O)c1cc(OC(=O)O)n2c1CN(C(=O)OC(C)(C)C)CC2. The molecule has 0 radical (unpaired) electrons. The molecular formula is C15H20N2O7. The molecule has 1 aliphatic heterocycles. The first-order valence-electron chi connectivity index (χ1n) is 7.32. The van der Waals surface area contributed by atoms with Crippen molar-refractivity contribution in [3.8, 4) is 5.88 Å². The van der Waals surface area contributed by atoms with Crippen LogP contribution in [-0.2, 0) is 22.6 Å². The predicted molar refractivity (Wildman–Crippen MR) is 81.1 cm³/mol. The molecule has 1 aliphatic rings. The van der Waals surface area contributed by atoms with E-state index in [1.54, 1.807) is 25.3 Å². The molecule has 2 rings (SSSR count). The van der Waals surface area contributed by atoms with E-state index in [0.717, 1.165) is 0 Å². The summed E-state index contributed by atoms with van der Waals surface area (Å²) in [6.07, 6.45) is -1.99. The standard InChI is InChI=1S/C15H20N2O7/c1-15(2,3)24-13(19)16-5-6-17-10(8-16)9(12(18)22-4)7-11(17)23-14(20)21/h7H,5-6,8H2,1-4H3,(H,20,21). The Labute approximate surface area is 138 Å². The summed E-state index contributed by atoms with van der Waals surface area (Å²) in [6.45, 7) is 5.94. The highest BCUT2D eigenvalue weighted by molar-refractivity contribution is 5.91. The molecule has 0 saturated heterocycles. The number of hydrogen-bond donors (Lipinski definition) is 1. The van der Waals surface area contributed by atoms with Crippen LogP contribution in [0.15, 0.2) is 6.07 Å². The van der Waals surface area contributed by atoms with Crippen molar-refractivity contribution in [3.05, 3.63) is 17.3 Å². The highest BCUT2D eigenvalue weighted by atomic mass is 16.7. The lowest BCUT2D eigenvalue weighted by atomic mass is 10.2. The van der Waals surface area contributed by atoms with Crippen LogP contribution in [0.1, 0.15) is 36.8 Å². The van der Waals surface area contributed by atoms with Gasteiger partial charge in [0, 0.05) is 19.2 Å². The number of rotatable bonds is 2. The molecule has 9 heteroatoms. The van der Waals surface area contributed by atoms with Crippen LogP contribution in [0.5, 0.6) is 5.88 Å². The third-order valence-corrected chi connectivity index (χ3v) is 3.35. The minimum atomic E-state index is -1.48. The Balaban J connectivity index is 2.31. The number of esters is 1. The molecule has 1 N–H and O–H groups in total. The van der Waals surface area contributed by atoms with Crippen molar-refractivity contribution in [1.29, 1.82) is 0 Å². The molecule has 0 unspecified atom stereocenters. The van der Waals surface area contributed by atoms with Gasteiger partial charge in [0.15, 0.2) is 0 Å². The van der Waals surface area contributed by atoms with Gasteiger partial charge in [-0.15, -0.1) is 0 Å². The van der Waals surface area contributed by atoms with Gasteiger partial charge in [-0.1, -0.05) is 0 Å². The van der Waals surface area contributed by atoms with E-state index in [0.29, 0.717) is 12.2 Å². The Morgan fingerprint density at radius 2 is 1.88 bits per heavy atom. The number of ether oxygens (including phenoxy) is 3. The Kier molecular flexibility index (Phi) is 4.72. The van der Waals surface area contributed by atoms with Crippen LogP contribution in [0.4, 0.5) is 9.59 Å². The van der Waals surface area contributed by atoms with Crippen molar-refractivity contribution >= 4 is 18.2 Å². The minimum absolute atomic E-state index is 0.0155. The first-order chi connectivity index (χ1) is 11.1. The monoisotopic (exact) mass is 340 g/mol. The van der Waals surface area contributed by atoms with Crippen LogP contribution < -0.4 is 4.74 Å². The third kappa shape index (κ3) is 3.79. The van der Waals surface area contributed by atoms with Crippen molar-refractivity contribution in [3.63, 3.8) is 0 Å². The molecule has 1 aromatic rings. The van der Waals surface area contributed by atoms with Gasteiger partial charge < -0.3 is 28.8 Å². The summed E-state index contributed by atoms with van der Waals surface area (Å²) in [6, 6.07) is 1.30. The van der Waals surface area contributed by atoms with Gasteiger partial charge in [-0.2, -0.15) is 0 Å².